The number of aryl methyl sites for hydroxylation is 1. The first-order valence-electron chi connectivity index (χ1n) is 9.44. The van der Waals surface area contributed by atoms with Crippen molar-refractivity contribution in [2.45, 2.75) is 31.7 Å². The van der Waals surface area contributed by atoms with Crippen LogP contribution in [0, 0.1) is 0 Å². The van der Waals surface area contributed by atoms with Crippen molar-refractivity contribution in [1.82, 2.24) is 15.2 Å². The summed E-state index contributed by atoms with van der Waals surface area (Å²) in [6.45, 7) is 3.17. The Morgan fingerprint density at radius 1 is 1.19 bits per heavy atom. The Morgan fingerprint density at radius 2 is 2.00 bits per heavy atom. The molecule has 2 aromatic rings. The standard InChI is InChI=1S/C22H27N3O/c26-22(11-10-20-12-14-23-15-13-20)24-21-9-5-17-25(18-21)16-4-8-19-6-2-1-3-7-19/h1-3,6-7,10-15,21H,4-5,8-9,16-18H2,(H,24,26)/b11-10+/t21-/m1/s1. The Morgan fingerprint density at radius 3 is 2.81 bits per heavy atom. The van der Waals surface area contributed by atoms with Crippen molar-refractivity contribution in [3.8, 4) is 0 Å². The van der Waals surface area contributed by atoms with E-state index in [0.717, 1.165) is 50.9 Å². The zero-order valence-electron chi connectivity index (χ0n) is 15.2. The van der Waals surface area contributed by atoms with Gasteiger partial charge in [-0.05, 0) is 68.1 Å². The summed E-state index contributed by atoms with van der Waals surface area (Å²) in [7, 11) is 0. The number of hydrogen-bond donors (Lipinski definition) is 1. The van der Waals surface area contributed by atoms with Gasteiger partial charge in [0.05, 0.1) is 0 Å². The average molecular weight is 349 g/mol. The molecule has 3 rings (SSSR count). The maximum absolute atomic E-state index is 12.2. The molecule has 136 valence electrons. The first-order chi connectivity index (χ1) is 12.8. The lowest BCUT2D eigenvalue weighted by Gasteiger charge is -2.33. The van der Waals surface area contributed by atoms with Crippen LogP contribution in [-0.4, -0.2) is 41.5 Å². The largest absolute Gasteiger partial charge is 0.349 e. The van der Waals surface area contributed by atoms with Crippen molar-refractivity contribution in [2.24, 2.45) is 0 Å². The Balaban J connectivity index is 1.40. The normalized spacial score (nSPS) is 18.1. The number of benzene rings is 1. The van der Waals surface area contributed by atoms with Gasteiger partial charge in [0, 0.05) is 31.1 Å². The zero-order chi connectivity index (χ0) is 18.0. The average Bonchev–Trinajstić information content (AvgIpc) is 2.68. The van der Waals surface area contributed by atoms with E-state index in [4.69, 9.17) is 0 Å². The number of likely N-dealkylation sites (tertiary alicyclic amines) is 1. The van der Waals surface area contributed by atoms with Crippen molar-refractivity contribution >= 4 is 12.0 Å². The molecule has 1 amide bonds. The van der Waals surface area contributed by atoms with Gasteiger partial charge >= 0.3 is 0 Å². The van der Waals surface area contributed by atoms with E-state index in [1.807, 2.05) is 18.2 Å². The van der Waals surface area contributed by atoms with Crippen LogP contribution in [0.25, 0.3) is 6.08 Å². The number of amides is 1. The van der Waals surface area contributed by atoms with E-state index < -0.39 is 0 Å². The summed E-state index contributed by atoms with van der Waals surface area (Å²) in [5.41, 5.74) is 2.39. The summed E-state index contributed by atoms with van der Waals surface area (Å²) in [5.74, 6) is -0.0158. The van der Waals surface area contributed by atoms with E-state index >= 15 is 0 Å². The summed E-state index contributed by atoms with van der Waals surface area (Å²) >= 11 is 0. The monoisotopic (exact) mass is 349 g/mol. The third-order valence-corrected chi connectivity index (χ3v) is 4.77. The number of hydrogen-bond acceptors (Lipinski definition) is 3. The van der Waals surface area contributed by atoms with Crippen LogP contribution in [0.15, 0.2) is 60.9 Å². The highest BCUT2D eigenvalue weighted by atomic mass is 16.1. The molecule has 0 bridgehead atoms. The van der Waals surface area contributed by atoms with Crippen LogP contribution in [-0.2, 0) is 11.2 Å². The predicted molar refractivity (Wildman–Crippen MR) is 106 cm³/mol. The summed E-state index contributed by atoms with van der Waals surface area (Å²) in [5, 5.41) is 3.14. The summed E-state index contributed by atoms with van der Waals surface area (Å²) in [6, 6.07) is 14.7. The second-order valence-corrected chi connectivity index (χ2v) is 6.85. The first kappa shape index (κ1) is 18.3. The fourth-order valence-electron chi connectivity index (χ4n) is 3.42. The molecular weight excluding hydrogens is 322 g/mol. The topological polar surface area (TPSA) is 45.2 Å². The molecule has 4 heteroatoms. The van der Waals surface area contributed by atoms with E-state index in [1.165, 1.54) is 5.56 Å². The van der Waals surface area contributed by atoms with Gasteiger partial charge in [0.15, 0.2) is 0 Å². The molecule has 0 radical (unpaired) electrons. The van der Waals surface area contributed by atoms with Gasteiger partial charge in [-0.1, -0.05) is 30.3 Å². The number of nitrogens with one attached hydrogen (secondary N) is 1. The summed E-state index contributed by atoms with van der Waals surface area (Å²) < 4.78 is 0. The zero-order valence-corrected chi connectivity index (χ0v) is 15.2. The van der Waals surface area contributed by atoms with Crippen molar-refractivity contribution in [3.63, 3.8) is 0 Å². The van der Waals surface area contributed by atoms with Gasteiger partial charge in [-0.2, -0.15) is 0 Å². The Kier molecular flexibility index (Phi) is 6.96. The number of nitrogens with zero attached hydrogens (tertiary/aromatic N) is 2. The van der Waals surface area contributed by atoms with Crippen LogP contribution >= 0.6 is 0 Å². The van der Waals surface area contributed by atoms with Crippen LogP contribution < -0.4 is 5.32 Å². The molecule has 1 saturated heterocycles. The van der Waals surface area contributed by atoms with Crippen molar-refractivity contribution < 1.29 is 4.79 Å². The van der Waals surface area contributed by atoms with E-state index in [-0.39, 0.29) is 11.9 Å². The molecule has 1 atom stereocenters. The van der Waals surface area contributed by atoms with Gasteiger partial charge < -0.3 is 10.2 Å². The molecule has 1 aliphatic rings. The second kappa shape index (κ2) is 9.88. The molecule has 26 heavy (non-hydrogen) atoms. The van der Waals surface area contributed by atoms with Crippen LogP contribution in [0.4, 0.5) is 0 Å². The highest BCUT2D eigenvalue weighted by Crippen LogP contribution is 2.12. The Hall–Kier alpha value is -2.46. The molecule has 1 N–H and O–H groups in total. The van der Waals surface area contributed by atoms with E-state index in [0.29, 0.717) is 0 Å². The highest BCUT2D eigenvalue weighted by Gasteiger charge is 2.20. The lowest BCUT2D eigenvalue weighted by atomic mass is 10.0. The number of carbonyl (C=O) groups excluding carboxylic acids is 1. The Labute approximate surface area is 155 Å². The molecule has 0 spiro atoms. The molecule has 1 aliphatic heterocycles. The molecule has 0 unspecified atom stereocenters. The quantitative estimate of drug-likeness (QED) is 0.780. The molecular formula is C22H27N3O. The molecule has 4 nitrogen and oxygen atoms in total. The molecule has 0 saturated carbocycles. The summed E-state index contributed by atoms with van der Waals surface area (Å²) in [4.78, 5) is 18.6. The lowest BCUT2D eigenvalue weighted by molar-refractivity contribution is -0.117. The van der Waals surface area contributed by atoms with Crippen LogP contribution in [0.1, 0.15) is 30.4 Å². The fourth-order valence-corrected chi connectivity index (χ4v) is 3.42. The van der Waals surface area contributed by atoms with Gasteiger partial charge in [0.1, 0.15) is 0 Å². The van der Waals surface area contributed by atoms with Gasteiger partial charge in [-0.25, -0.2) is 0 Å². The predicted octanol–water partition coefficient (Wildman–Crippen LogP) is 3.31. The highest BCUT2D eigenvalue weighted by molar-refractivity contribution is 5.91. The van der Waals surface area contributed by atoms with Crippen LogP contribution in [0.2, 0.25) is 0 Å². The molecule has 1 aromatic heterocycles. The third-order valence-electron chi connectivity index (χ3n) is 4.77. The van der Waals surface area contributed by atoms with Crippen molar-refractivity contribution in [2.75, 3.05) is 19.6 Å². The molecule has 2 heterocycles. The number of piperidine rings is 1. The van der Waals surface area contributed by atoms with E-state index in [2.05, 4.69) is 45.5 Å². The minimum atomic E-state index is -0.0158. The maximum atomic E-state index is 12.2. The lowest BCUT2D eigenvalue weighted by Crippen LogP contribution is -2.47. The minimum Gasteiger partial charge on any atom is -0.349 e. The number of carbonyl (C=O) groups is 1. The molecule has 0 aliphatic carbocycles. The number of aromatic nitrogens is 1. The van der Waals surface area contributed by atoms with Crippen LogP contribution in [0.5, 0.6) is 0 Å². The van der Waals surface area contributed by atoms with Gasteiger partial charge in [-0.15, -0.1) is 0 Å². The summed E-state index contributed by atoms with van der Waals surface area (Å²) in [6.07, 6.45) is 11.4. The first-order valence-corrected chi connectivity index (χ1v) is 9.44. The van der Waals surface area contributed by atoms with E-state index in [9.17, 15) is 4.79 Å². The Bertz CT molecular complexity index is 700. The minimum absolute atomic E-state index is 0.0158. The number of rotatable bonds is 7. The SMILES string of the molecule is O=C(/C=C/c1ccncc1)N[C@@H]1CCCN(CCCc2ccccc2)C1. The van der Waals surface area contributed by atoms with Crippen molar-refractivity contribution in [1.29, 1.82) is 0 Å². The molecule has 1 fully saturated rings. The van der Waals surface area contributed by atoms with Gasteiger partial charge in [-0.3, -0.25) is 9.78 Å². The van der Waals surface area contributed by atoms with Crippen molar-refractivity contribution in [3.05, 3.63) is 72.1 Å². The smallest absolute Gasteiger partial charge is 0.244 e. The maximum Gasteiger partial charge on any atom is 0.244 e. The van der Waals surface area contributed by atoms with Gasteiger partial charge in [0.25, 0.3) is 0 Å². The third kappa shape index (κ3) is 6.12. The van der Waals surface area contributed by atoms with Crippen LogP contribution in [0.3, 0.4) is 0 Å². The fraction of sp³-hybridized carbons (Fsp3) is 0.364. The number of pyridine rings is 1. The van der Waals surface area contributed by atoms with Gasteiger partial charge in [0.2, 0.25) is 5.91 Å². The van der Waals surface area contributed by atoms with E-state index in [1.54, 1.807) is 18.5 Å². The second-order valence-electron chi connectivity index (χ2n) is 6.85. The molecule has 1 aromatic carbocycles.